The molecule has 0 bridgehead atoms. The predicted molar refractivity (Wildman–Crippen MR) is 79.8 cm³/mol. The van der Waals surface area contributed by atoms with E-state index in [-0.39, 0.29) is 22.0 Å². The van der Waals surface area contributed by atoms with E-state index >= 15 is 0 Å². The Morgan fingerprint density at radius 1 is 1.43 bits per heavy atom. The second kappa shape index (κ2) is 5.27. The summed E-state index contributed by atoms with van der Waals surface area (Å²) in [5.74, 6) is 0. The minimum atomic E-state index is -3.79. The fourth-order valence-corrected chi connectivity index (χ4v) is 3.71. The van der Waals surface area contributed by atoms with Crippen LogP contribution in [0.2, 0.25) is 0 Å². The summed E-state index contributed by atoms with van der Waals surface area (Å²) in [4.78, 5) is 10.2. The maximum atomic E-state index is 12.5. The third-order valence-corrected chi connectivity index (χ3v) is 5.16. The van der Waals surface area contributed by atoms with Gasteiger partial charge in [-0.15, -0.1) is 0 Å². The number of hydrogen-bond donors (Lipinski definition) is 2. The summed E-state index contributed by atoms with van der Waals surface area (Å²) in [6.07, 6.45) is 0.762. The van der Waals surface area contributed by atoms with Gasteiger partial charge in [0.2, 0.25) is 10.0 Å². The number of nitrogens with one attached hydrogen (secondary N) is 2. The molecule has 1 saturated carbocycles. The van der Waals surface area contributed by atoms with Gasteiger partial charge in [-0.2, -0.15) is 0 Å². The van der Waals surface area contributed by atoms with Gasteiger partial charge < -0.3 is 5.32 Å². The van der Waals surface area contributed by atoms with Crippen molar-refractivity contribution < 1.29 is 13.3 Å². The molecule has 1 aromatic carbocycles. The first kappa shape index (κ1) is 15.7. The van der Waals surface area contributed by atoms with Gasteiger partial charge in [-0.1, -0.05) is 13.8 Å². The monoisotopic (exact) mass is 313 g/mol. The highest BCUT2D eigenvalue weighted by Crippen LogP contribution is 2.45. The van der Waals surface area contributed by atoms with Crippen LogP contribution in [-0.2, 0) is 10.0 Å². The zero-order valence-electron chi connectivity index (χ0n) is 12.2. The Bertz CT molecular complexity index is 670. The predicted octanol–water partition coefficient (Wildman–Crippen LogP) is 2.10. The van der Waals surface area contributed by atoms with E-state index < -0.39 is 14.9 Å². The first-order chi connectivity index (χ1) is 9.67. The summed E-state index contributed by atoms with van der Waals surface area (Å²) >= 11 is 0. The van der Waals surface area contributed by atoms with Crippen LogP contribution in [0.3, 0.4) is 0 Å². The van der Waals surface area contributed by atoms with Crippen molar-refractivity contribution in [3.63, 3.8) is 0 Å². The average Bonchev–Trinajstić information content (AvgIpc) is 2.95. The van der Waals surface area contributed by atoms with Gasteiger partial charge in [-0.05, 0) is 24.8 Å². The first-order valence-electron chi connectivity index (χ1n) is 6.72. The van der Waals surface area contributed by atoms with Crippen LogP contribution in [0, 0.1) is 15.5 Å². The summed E-state index contributed by atoms with van der Waals surface area (Å²) in [7, 11) is -3.79. The van der Waals surface area contributed by atoms with Gasteiger partial charge in [0.15, 0.2) is 0 Å². The molecule has 8 heteroatoms. The maximum absolute atomic E-state index is 12.5. The van der Waals surface area contributed by atoms with E-state index in [1.54, 1.807) is 0 Å². The van der Waals surface area contributed by atoms with Gasteiger partial charge in [-0.3, -0.25) is 10.1 Å². The zero-order valence-corrected chi connectivity index (χ0v) is 13.0. The Balaban J connectivity index is 2.39. The van der Waals surface area contributed by atoms with Gasteiger partial charge in [-0.25, -0.2) is 13.1 Å². The maximum Gasteiger partial charge on any atom is 0.270 e. The molecule has 1 unspecified atom stereocenters. The molecular formula is C13H19N3O4S. The van der Waals surface area contributed by atoms with Crippen LogP contribution in [0.5, 0.6) is 0 Å². The lowest BCUT2D eigenvalue weighted by Crippen LogP contribution is -2.29. The molecule has 0 amide bonds. The van der Waals surface area contributed by atoms with Gasteiger partial charge in [0.25, 0.3) is 5.69 Å². The van der Waals surface area contributed by atoms with E-state index in [0.717, 1.165) is 12.5 Å². The van der Waals surface area contributed by atoms with Gasteiger partial charge in [0.1, 0.15) is 4.90 Å². The summed E-state index contributed by atoms with van der Waals surface area (Å²) in [6.45, 7) is 6.29. The Morgan fingerprint density at radius 3 is 2.52 bits per heavy atom. The molecule has 2 rings (SSSR count). The molecule has 0 saturated heterocycles. The quantitative estimate of drug-likeness (QED) is 0.618. The molecule has 116 valence electrons. The number of nitro groups is 1. The van der Waals surface area contributed by atoms with Crippen molar-refractivity contribution in [2.45, 2.75) is 38.1 Å². The largest absolute Gasteiger partial charge is 0.384 e. The van der Waals surface area contributed by atoms with E-state index in [9.17, 15) is 18.5 Å². The van der Waals surface area contributed by atoms with Crippen LogP contribution >= 0.6 is 0 Å². The Labute approximate surface area is 123 Å². The second-order valence-corrected chi connectivity index (χ2v) is 7.52. The summed E-state index contributed by atoms with van der Waals surface area (Å²) < 4.78 is 27.5. The van der Waals surface area contributed by atoms with Crippen molar-refractivity contribution in [2.24, 2.45) is 5.41 Å². The minimum absolute atomic E-state index is 0.0634. The Kier molecular flexibility index (Phi) is 3.94. The molecule has 1 atom stereocenters. The Hall–Kier alpha value is -1.67. The highest BCUT2D eigenvalue weighted by Gasteiger charge is 2.48. The van der Waals surface area contributed by atoms with E-state index in [2.05, 4.69) is 10.0 Å². The summed E-state index contributed by atoms with van der Waals surface area (Å²) in [5.41, 5.74) is 0.0627. The zero-order chi connectivity index (χ0) is 15.8. The molecule has 1 aliphatic rings. The first-order valence-corrected chi connectivity index (χ1v) is 8.20. The molecule has 0 aliphatic heterocycles. The third-order valence-electron chi connectivity index (χ3n) is 3.64. The van der Waals surface area contributed by atoms with Gasteiger partial charge in [0.05, 0.1) is 10.6 Å². The van der Waals surface area contributed by atoms with E-state index in [1.807, 2.05) is 20.8 Å². The van der Waals surface area contributed by atoms with Crippen LogP contribution in [0.1, 0.15) is 27.2 Å². The lowest BCUT2D eigenvalue weighted by molar-refractivity contribution is -0.385. The van der Waals surface area contributed by atoms with Crippen molar-refractivity contribution in [1.29, 1.82) is 0 Å². The van der Waals surface area contributed by atoms with Crippen molar-refractivity contribution in [2.75, 3.05) is 11.9 Å². The fourth-order valence-electron chi connectivity index (χ4n) is 2.10. The highest BCUT2D eigenvalue weighted by atomic mass is 32.2. The van der Waals surface area contributed by atoms with Gasteiger partial charge >= 0.3 is 0 Å². The number of nitro benzene ring substituents is 1. The number of sulfonamides is 1. The van der Waals surface area contributed by atoms with E-state index in [0.29, 0.717) is 12.2 Å². The van der Waals surface area contributed by atoms with Crippen molar-refractivity contribution >= 4 is 21.4 Å². The number of non-ortho nitro benzene ring substituents is 1. The van der Waals surface area contributed by atoms with Crippen LogP contribution in [-0.4, -0.2) is 25.9 Å². The van der Waals surface area contributed by atoms with Crippen LogP contribution in [0.25, 0.3) is 0 Å². The second-order valence-electron chi connectivity index (χ2n) is 5.83. The average molecular weight is 313 g/mol. The molecule has 0 radical (unpaired) electrons. The smallest absolute Gasteiger partial charge is 0.270 e. The standard InChI is InChI=1S/C13H19N3O4S/c1-4-14-10-6-5-9(16(17)18)7-11(10)21(19,20)15-12-8-13(12,2)3/h5-7,12,14-15H,4,8H2,1-3H3. The van der Waals surface area contributed by atoms with E-state index in [1.165, 1.54) is 12.1 Å². The molecule has 21 heavy (non-hydrogen) atoms. The van der Waals surface area contributed by atoms with Crippen LogP contribution in [0.15, 0.2) is 23.1 Å². The molecule has 7 nitrogen and oxygen atoms in total. The number of nitrogens with zero attached hydrogens (tertiary/aromatic N) is 1. The highest BCUT2D eigenvalue weighted by molar-refractivity contribution is 7.89. The number of anilines is 1. The molecule has 0 aromatic heterocycles. The topological polar surface area (TPSA) is 101 Å². The van der Waals surface area contributed by atoms with Crippen LogP contribution in [0.4, 0.5) is 11.4 Å². The minimum Gasteiger partial charge on any atom is -0.384 e. The van der Waals surface area contributed by atoms with Gasteiger partial charge in [0, 0.05) is 24.7 Å². The molecule has 2 N–H and O–H groups in total. The third kappa shape index (κ3) is 3.33. The lowest BCUT2D eigenvalue weighted by Gasteiger charge is -2.13. The molecular weight excluding hydrogens is 294 g/mol. The lowest BCUT2D eigenvalue weighted by atomic mass is 10.2. The number of benzene rings is 1. The van der Waals surface area contributed by atoms with E-state index in [4.69, 9.17) is 0 Å². The molecule has 0 spiro atoms. The SMILES string of the molecule is CCNc1ccc([N+](=O)[O-])cc1S(=O)(=O)NC1CC1(C)C. The molecule has 0 heterocycles. The molecule has 1 fully saturated rings. The summed E-state index contributed by atoms with van der Waals surface area (Å²) in [5, 5.41) is 13.8. The molecule has 1 aromatic rings. The van der Waals surface area contributed by atoms with Crippen molar-refractivity contribution in [3.8, 4) is 0 Å². The molecule has 1 aliphatic carbocycles. The number of rotatable bonds is 6. The van der Waals surface area contributed by atoms with Crippen molar-refractivity contribution in [1.82, 2.24) is 4.72 Å². The number of hydrogen-bond acceptors (Lipinski definition) is 5. The van der Waals surface area contributed by atoms with Crippen molar-refractivity contribution in [3.05, 3.63) is 28.3 Å². The Morgan fingerprint density at radius 2 is 2.05 bits per heavy atom. The van der Waals surface area contributed by atoms with Crippen LogP contribution < -0.4 is 10.0 Å². The summed E-state index contributed by atoms with van der Waals surface area (Å²) in [6, 6.07) is 3.68. The normalized spacial score (nSPS) is 20.0. The fraction of sp³-hybridized carbons (Fsp3) is 0.538.